The Morgan fingerprint density at radius 3 is 2.25 bits per heavy atom. The largest absolute Gasteiger partial charge is 0.457 e. The van der Waals surface area contributed by atoms with Crippen LogP contribution >= 0.6 is 0 Å². The molecular formula is C14H11F3N2O. The van der Waals surface area contributed by atoms with Crippen molar-refractivity contribution in [1.29, 1.82) is 5.41 Å². The fourth-order valence-electron chi connectivity index (χ4n) is 1.62. The standard InChI is InChI=1S/C14H11F3N2O/c15-14(16,17)9-6-7-12(11(8-9)13(18)19)20-10-4-2-1-3-5-10/h1-8H,(H3,18,19). The fraction of sp³-hybridized carbons (Fsp3) is 0.0714. The third-order valence-electron chi connectivity index (χ3n) is 2.57. The van der Waals surface area contributed by atoms with Gasteiger partial charge in [-0.05, 0) is 30.3 Å². The van der Waals surface area contributed by atoms with Gasteiger partial charge in [0, 0.05) is 0 Å². The molecule has 0 spiro atoms. The molecule has 20 heavy (non-hydrogen) atoms. The van der Waals surface area contributed by atoms with E-state index < -0.39 is 17.6 Å². The van der Waals surface area contributed by atoms with Crippen LogP contribution in [-0.4, -0.2) is 5.84 Å². The third kappa shape index (κ3) is 3.09. The van der Waals surface area contributed by atoms with Crippen molar-refractivity contribution in [1.82, 2.24) is 0 Å². The van der Waals surface area contributed by atoms with E-state index in [0.717, 1.165) is 18.2 Å². The van der Waals surface area contributed by atoms with E-state index in [2.05, 4.69) is 0 Å². The van der Waals surface area contributed by atoms with E-state index in [4.69, 9.17) is 15.9 Å². The van der Waals surface area contributed by atoms with Crippen LogP contribution in [0, 0.1) is 5.41 Å². The Labute approximate surface area is 113 Å². The minimum absolute atomic E-state index is 0.0938. The molecular weight excluding hydrogens is 269 g/mol. The lowest BCUT2D eigenvalue weighted by molar-refractivity contribution is -0.137. The summed E-state index contributed by atoms with van der Waals surface area (Å²) in [4.78, 5) is 0. The van der Waals surface area contributed by atoms with E-state index in [1.807, 2.05) is 0 Å². The molecule has 0 radical (unpaired) electrons. The minimum Gasteiger partial charge on any atom is -0.457 e. The molecule has 2 aromatic rings. The number of para-hydroxylation sites is 1. The molecule has 0 saturated heterocycles. The number of ether oxygens (including phenoxy) is 1. The highest BCUT2D eigenvalue weighted by molar-refractivity contribution is 5.98. The smallest absolute Gasteiger partial charge is 0.416 e. The summed E-state index contributed by atoms with van der Waals surface area (Å²) in [7, 11) is 0. The molecule has 0 heterocycles. The van der Waals surface area contributed by atoms with Gasteiger partial charge in [-0.3, -0.25) is 5.41 Å². The van der Waals surface area contributed by atoms with Gasteiger partial charge in [0.1, 0.15) is 17.3 Å². The predicted molar refractivity (Wildman–Crippen MR) is 69.0 cm³/mol. The van der Waals surface area contributed by atoms with Crippen LogP contribution in [0.25, 0.3) is 0 Å². The Balaban J connectivity index is 2.41. The molecule has 0 aliphatic rings. The summed E-state index contributed by atoms with van der Waals surface area (Å²) in [5.41, 5.74) is 4.35. The Hall–Kier alpha value is -2.50. The zero-order chi connectivity index (χ0) is 14.8. The van der Waals surface area contributed by atoms with Gasteiger partial charge >= 0.3 is 6.18 Å². The van der Waals surface area contributed by atoms with Crippen LogP contribution in [0.3, 0.4) is 0 Å². The van der Waals surface area contributed by atoms with Crippen LogP contribution < -0.4 is 10.5 Å². The number of nitrogens with one attached hydrogen (secondary N) is 1. The second kappa shape index (κ2) is 5.24. The second-order valence-corrected chi connectivity index (χ2v) is 4.04. The first-order valence-corrected chi connectivity index (χ1v) is 5.66. The van der Waals surface area contributed by atoms with E-state index in [9.17, 15) is 13.2 Å². The average Bonchev–Trinajstić information content (AvgIpc) is 2.38. The molecule has 104 valence electrons. The zero-order valence-electron chi connectivity index (χ0n) is 10.2. The summed E-state index contributed by atoms with van der Waals surface area (Å²) in [6.07, 6.45) is -4.49. The Morgan fingerprint density at radius 1 is 1.05 bits per heavy atom. The first kappa shape index (κ1) is 13.9. The number of amidine groups is 1. The second-order valence-electron chi connectivity index (χ2n) is 4.04. The normalized spacial score (nSPS) is 11.2. The highest BCUT2D eigenvalue weighted by Crippen LogP contribution is 2.33. The van der Waals surface area contributed by atoms with E-state index in [1.54, 1.807) is 30.3 Å². The first-order chi connectivity index (χ1) is 9.38. The van der Waals surface area contributed by atoms with Crippen LogP contribution in [0.1, 0.15) is 11.1 Å². The van der Waals surface area contributed by atoms with Crippen molar-refractivity contribution in [3.8, 4) is 11.5 Å². The van der Waals surface area contributed by atoms with Gasteiger partial charge in [-0.2, -0.15) is 13.2 Å². The molecule has 0 aliphatic heterocycles. The lowest BCUT2D eigenvalue weighted by Crippen LogP contribution is -2.14. The molecule has 3 nitrogen and oxygen atoms in total. The van der Waals surface area contributed by atoms with E-state index in [-0.39, 0.29) is 11.3 Å². The molecule has 0 unspecified atom stereocenters. The van der Waals surface area contributed by atoms with Crippen LogP contribution in [0.2, 0.25) is 0 Å². The number of nitrogens with two attached hydrogens (primary N) is 1. The van der Waals surface area contributed by atoms with Crippen LogP contribution in [-0.2, 0) is 6.18 Å². The molecule has 0 atom stereocenters. The lowest BCUT2D eigenvalue weighted by Gasteiger charge is -2.13. The summed E-state index contributed by atoms with van der Waals surface area (Å²) in [5.74, 6) is 0.0773. The maximum absolute atomic E-state index is 12.6. The molecule has 2 aromatic carbocycles. The Kier molecular flexibility index (Phi) is 3.65. The van der Waals surface area contributed by atoms with Crippen molar-refractivity contribution in [3.63, 3.8) is 0 Å². The molecule has 0 aliphatic carbocycles. The quantitative estimate of drug-likeness (QED) is 0.664. The highest BCUT2D eigenvalue weighted by atomic mass is 19.4. The summed E-state index contributed by atoms with van der Waals surface area (Å²) in [6.45, 7) is 0. The first-order valence-electron chi connectivity index (χ1n) is 5.66. The van der Waals surface area contributed by atoms with E-state index in [0.29, 0.717) is 5.75 Å². The van der Waals surface area contributed by atoms with Crippen molar-refractivity contribution in [2.45, 2.75) is 6.18 Å². The zero-order valence-corrected chi connectivity index (χ0v) is 10.2. The average molecular weight is 280 g/mol. The van der Waals surface area contributed by atoms with Gasteiger partial charge in [-0.25, -0.2) is 0 Å². The maximum atomic E-state index is 12.6. The number of rotatable bonds is 3. The summed E-state index contributed by atoms with van der Waals surface area (Å²) in [5, 5.41) is 7.37. The Bertz CT molecular complexity index is 624. The van der Waals surface area contributed by atoms with Gasteiger partial charge in [0.15, 0.2) is 0 Å². The molecule has 6 heteroatoms. The molecule has 0 saturated carbocycles. The number of nitrogen functional groups attached to an aromatic ring is 1. The van der Waals surface area contributed by atoms with Crippen LogP contribution in [0.4, 0.5) is 13.2 Å². The van der Waals surface area contributed by atoms with Crippen molar-refractivity contribution < 1.29 is 17.9 Å². The monoisotopic (exact) mass is 280 g/mol. The van der Waals surface area contributed by atoms with Crippen molar-refractivity contribution in [2.75, 3.05) is 0 Å². The number of halogens is 3. The van der Waals surface area contributed by atoms with Gasteiger partial charge in [0.2, 0.25) is 0 Å². The predicted octanol–water partition coefficient (Wildman–Crippen LogP) is 3.78. The molecule has 0 fully saturated rings. The SMILES string of the molecule is N=C(N)c1cc(C(F)(F)F)ccc1Oc1ccccc1. The fourth-order valence-corrected chi connectivity index (χ4v) is 1.62. The maximum Gasteiger partial charge on any atom is 0.416 e. The van der Waals surface area contributed by atoms with Crippen molar-refractivity contribution >= 4 is 5.84 Å². The molecule has 3 N–H and O–H groups in total. The van der Waals surface area contributed by atoms with Crippen LogP contribution in [0.5, 0.6) is 11.5 Å². The molecule has 2 rings (SSSR count). The number of hydrogen-bond donors (Lipinski definition) is 2. The number of alkyl halides is 3. The summed E-state index contributed by atoms with van der Waals surface area (Å²) in [6, 6.07) is 11.4. The van der Waals surface area contributed by atoms with E-state index >= 15 is 0 Å². The van der Waals surface area contributed by atoms with Gasteiger partial charge < -0.3 is 10.5 Å². The molecule has 0 amide bonds. The van der Waals surface area contributed by atoms with Gasteiger partial charge in [-0.15, -0.1) is 0 Å². The van der Waals surface area contributed by atoms with Gasteiger partial charge in [-0.1, -0.05) is 18.2 Å². The number of hydrogen-bond acceptors (Lipinski definition) is 2. The highest BCUT2D eigenvalue weighted by Gasteiger charge is 2.31. The minimum atomic E-state index is -4.49. The van der Waals surface area contributed by atoms with E-state index in [1.165, 1.54) is 0 Å². The molecule has 0 bridgehead atoms. The lowest BCUT2D eigenvalue weighted by atomic mass is 10.1. The van der Waals surface area contributed by atoms with Crippen molar-refractivity contribution in [2.24, 2.45) is 5.73 Å². The summed E-state index contributed by atoms with van der Waals surface area (Å²) >= 11 is 0. The van der Waals surface area contributed by atoms with Gasteiger partial charge in [0.25, 0.3) is 0 Å². The van der Waals surface area contributed by atoms with Gasteiger partial charge in [0.05, 0.1) is 11.1 Å². The molecule has 0 aromatic heterocycles. The third-order valence-corrected chi connectivity index (χ3v) is 2.57. The topological polar surface area (TPSA) is 59.1 Å². The number of benzene rings is 2. The Morgan fingerprint density at radius 2 is 1.70 bits per heavy atom. The van der Waals surface area contributed by atoms with Crippen molar-refractivity contribution in [3.05, 3.63) is 59.7 Å². The van der Waals surface area contributed by atoms with Crippen LogP contribution in [0.15, 0.2) is 48.5 Å². The summed E-state index contributed by atoms with van der Waals surface area (Å²) < 4.78 is 43.4.